The first kappa shape index (κ1) is 15.3. The normalized spacial score (nSPS) is 35.7. The number of nitrogens with zero attached hydrogens (tertiary/aromatic N) is 1. The molecule has 2 aliphatic rings. The minimum atomic E-state index is 0.541. The van der Waals surface area contributed by atoms with Crippen molar-refractivity contribution in [1.82, 2.24) is 10.2 Å². The van der Waals surface area contributed by atoms with Gasteiger partial charge in [0.1, 0.15) is 0 Å². The zero-order chi connectivity index (χ0) is 13.9. The van der Waals surface area contributed by atoms with Gasteiger partial charge in [-0.2, -0.15) is 0 Å². The van der Waals surface area contributed by atoms with Gasteiger partial charge in [-0.1, -0.05) is 34.1 Å². The van der Waals surface area contributed by atoms with E-state index in [9.17, 15) is 0 Å². The maximum atomic E-state index is 3.83. The molecule has 1 N–H and O–H groups in total. The van der Waals surface area contributed by atoms with Crippen LogP contribution in [0.3, 0.4) is 0 Å². The molecule has 2 nitrogen and oxygen atoms in total. The Morgan fingerprint density at radius 3 is 2.63 bits per heavy atom. The summed E-state index contributed by atoms with van der Waals surface area (Å²) < 4.78 is 0. The Hall–Kier alpha value is -0.0800. The third-order valence-corrected chi connectivity index (χ3v) is 5.38. The SMILES string of the molecule is CCCNC1CCC(C)(C)CC1N1CCC(CC)C1. The lowest BCUT2D eigenvalue weighted by Gasteiger charge is -2.45. The second-order valence-electron chi connectivity index (χ2n) is 7.59. The highest BCUT2D eigenvalue weighted by Gasteiger charge is 2.39. The van der Waals surface area contributed by atoms with Gasteiger partial charge in [0.25, 0.3) is 0 Å². The minimum Gasteiger partial charge on any atom is -0.312 e. The Balaban J connectivity index is 1.98. The summed E-state index contributed by atoms with van der Waals surface area (Å²) in [6.45, 7) is 13.4. The van der Waals surface area contributed by atoms with Crippen LogP contribution in [0.5, 0.6) is 0 Å². The molecule has 1 saturated heterocycles. The molecule has 1 aliphatic carbocycles. The average Bonchev–Trinajstić information content (AvgIpc) is 2.85. The van der Waals surface area contributed by atoms with Gasteiger partial charge in [0.2, 0.25) is 0 Å². The molecule has 0 bridgehead atoms. The topological polar surface area (TPSA) is 15.3 Å². The fraction of sp³-hybridized carbons (Fsp3) is 1.00. The van der Waals surface area contributed by atoms with E-state index in [1.165, 1.54) is 58.2 Å². The molecule has 2 rings (SSSR count). The van der Waals surface area contributed by atoms with E-state index in [-0.39, 0.29) is 0 Å². The zero-order valence-electron chi connectivity index (χ0n) is 13.5. The summed E-state index contributed by atoms with van der Waals surface area (Å²) in [5.74, 6) is 0.955. The van der Waals surface area contributed by atoms with Crippen molar-refractivity contribution >= 4 is 0 Å². The maximum absolute atomic E-state index is 3.83. The first-order valence-corrected chi connectivity index (χ1v) is 8.53. The van der Waals surface area contributed by atoms with E-state index < -0.39 is 0 Å². The van der Waals surface area contributed by atoms with Crippen LogP contribution in [0, 0.1) is 11.3 Å². The van der Waals surface area contributed by atoms with Crippen LogP contribution in [0.2, 0.25) is 0 Å². The van der Waals surface area contributed by atoms with Crippen molar-refractivity contribution < 1.29 is 0 Å². The Bertz CT molecular complexity index is 272. The lowest BCUT2D eigenvalue weighted by Crippen LogP contribution is -2.54. The second kappa shape index (κ2) is 6.58. The number of likely N-dealkylation sites (tertiary alicyclic amines) is 1. The van der Waals surface area contributed by atoms with Crippen LogP contribution in [0.1, 0.15) is 66.2 Å². The van der Waals surface area contributed by atoms with Gasteiger partial charge in [-0.05, 0) is 56.5 Å². The molecule has 3 atom stereocenters. The van der Waals surface area contributed by atoms with Crippen LogP contribution in [-0.4, -0.2) is 36.6 Å². The highest BCUT2D eigenvalue weighted by atomic mass is 15.2. The molecule has 1 saturated carbocycles. The van der Waals surface area contributed by atoms with Crippen molar-refractivity contribution in [2.45, 2.75) is 78.3 Å². The molecule has 2 heteroatoms. The third kappa shape index (κ3) is 3.95. The van der Waals surface area contributed by atoms with Gasteiger partial charge in [-0.3, -0.25) is 4.90 Å². The molecule has 0 radical (unpaired) electrons. The van der Waals surface area contributed by atoms with Crippen molar-refractivity contribution in [2.75, 3.05) is 19.6 Å². The first-order valence-electron chi connectivity index (χ1n) is 8.53. The zero-order valence-corrected chi connectivity index (χ0v) is 13.5. The fourth-order valence-corrected chi connectivity index (χ4v) is 4.00. The summed E-state index contributed by atoms with van der Waals surface area (Å²) in [5.41, 5.74) is 0.541. The van der Waals surface area contributed by atoms with Gasteiger partial charge in [0, 0.05) is 18.6 Å². The van der Waals surface area contributed by atoms with Crippen molar-refractivity contribution in [2.24, 2.45) is 11.3 Å². The number of nitrogens with one attached hydrogen (secondary N) is 1. The molecule has 112 valence electrons. The molecule has 3 unspecified atom stereocenters. The molecular weight excluding hydrogens is 232 g/mol. The van der Waals surface area contributed by atoms with E-state index in [4.69, 9.17) is 0 Å². The Morgan fingerprint density at radius 1 is 1.21 bits per heavy atom. The van der Waals surface area contributed by atoms with Gasteiger partial charge in [0.15, 0.2) is 0 Å². The van der Waals surface area contributed by atoms with Crippen LogP contribution >= 0.6 is 0 Å². The van der Waals surface area contributed by atoms with Crippen LogP contribution in [-0.2, 0) is 0 Å². The third-order valence-electron chi connectivity index (χ3n) is 5.38. The van der Waals surface area contributed by atoms with E-state index in [1.54, 1.807) is 0 Å². The monoisotopic (exact) mass is 266 g/mol. The lowest BCUT2D eigenvalue weighted by atomic mass is 9.72. The quantitative estimate of drug-likeness (QED) is 0.817. The average molecular weight is 266 g/mol. The highest BCUT2D eigenvalue weighted by Crippen LogP contribution is 2.39. The Kier molecular flexibility index (Phi) is 5.30. The fourth-order valence-electron chi connectivity index (χ4n) is 4.00. The van der Waals surface area contributed by atoms with E-state index in [2.05, 4.69) is 37.9 Å². The van der Waals surface area contributed by atoms with Crippen molar-refractivity contribution in [3.05, 3.63) is 0 Å². The van der Waals surface area contributed by atoms with Crippen LogP contribution < -0.4 is 5.32 Å². The first-order chi connectivity index (χ1) is 9.05. The van der Waals surface area contributed by atoms with Crippen molar-refractivity contribution in [3.63, 3.8) is 0 Å². The highest BCUT2D eigenvalue weighted by molar-refractivity contribution is 4.96. The summed E-state index contributed by atoms with van der Waals surface area (Å²) in [6.07, 6.45) is 8.17. The summed E-state index contributed by atoms with van der Waals surface area (Å²) >= 11 is 0. The largest absolute Gasteiger partial charge is 0.312 e. The summed E-state index contributed by atoms with van der Waals surface area (Å²) in [6, 6.07) is 1.52. The standard InChI is InChI=1S/C17H34N2/c1-5-10-18-15-7-9-17(3,4)12-16(15)19-11-8-14(6-2)13-19/h14-16,18H,5-13H2,1-4H3. The smallest absolute Gasteiger partial charge is 0.0254 e. The van der Waals surface area contributed by atoms with E-state index >= 15 is 0 Å². The molecule has 1 heterocycles. The summed E-state index contributed by atoms with van der Waals surface area (Å²) in [5, 5.41) is 3.83. The summed E-state index contributed by atoms with van der Waals surface area (Å²) in [4.78, 5) is 2.81. The molecule has 0 aromatic rings. The molecule has 0 aromatic heterocycles. The van der Waals surface area contributed by atoms with Gasteiger partial charge < -0.3 is 5.32 Å². The number of hydrogen-bond acceptors (Lipinski definition) is 2. The van der Waals surface area contributed by atoms with Crippen molar-refractivity contribution in [3.8, 4) is 0 Å². The molecule has 2 fully saturated rings. The molecule has 19 heavy (non-hydrogen) atoms. The van der Waals surface area contributed by atoms with Gasteiger partial charge in [0.05, 0.1) is 0 Å². The summed E-state index contributed by atoms with van der Waals surface area (Å²) in [7, 11) is 0. The molecule has 1 aliphatic heterocycles. The van der Waals surface area contributed by atoms with Crippen LogP contribution in [0.4, 0.5) is 0 Å². The molecule has 0 amide bonds. The predicted molar refractivity (Wildman–Crippen MR) is 83.5 cm³/mol. The van der Waals surface area contributed by atoms with E-state index in [0.29, 0.717) is 5.41 Å². The minimum absolute atomic E-state index is 0.541. The Labute approximate surface area is 120 Å². The molecular formula is C17H34N2. The second-order valence-corrected chi connectivity index (χ2v) is 7.59. The lowest BCUT2D eigenvalue weighted by molar-refractivity contribution is 0.0781. The van der Waals surface area contributed by atoms with E-state index in [1.807, 2.05) is 0 Å². The van der Waals surface area contributed by atoms with Crippen molar-refractivity contribution in [1.29, 1.82) is 0 Å². The van der Waals surface area contributed by atoms with E-state index in [0.717, 1.165) is 18.0 Å². The molecule has 0 spiro atoms. The van der Waals surface area contributed by atoms with Gasteiger partial charge in [-0.15, -0.1) is 0 Å². The number of hydrogen-bond donors (Lipinski definition) is 1. The van der Waals surface area contributed by atoms with Gasteiger partial charge in [-0.25, -0.2) is 0 Å². The maximum Gasteiger partial charge on any atom is 0.0254 e. The van der Waals surface area contributed by atoms with Crippen LogP contribution in [0.15, 0.2) is 0 Å². The predicted octanol–water partition coefficient (Wildman–Crippen LogP) is 3.67. The number of rotatable bonds is 5. The van der Waals surface area contributed by atoms with Gasteiger partial charge >= 0.3 is 0 Å². The van der Waals surface area contributed by atoms with Crippen LogP contribution in [0.25, 0.3) is 0 Å². The Morgan fingerprint density at radius 2 is 2.00 bits per heavy atom. The molecule has 0 aromatic carbocycles.